The first-order valence-electron chi connectivity index (χ1n) is 9.45. The van der Waals surface area contributed by atoms with Crippen LogP contribution in [0.4, 0.5) is 5.69 Å². The quantitative estimate of drug-likeness (QED) is 0.578. The minimum Gasteiger partial charge on any atom is -0.495 e. The van der Waals surface area contributed by atoms with E-state index in [1.807, 2.05) is 13.0 Å². The van der Waals surface area contributed by atoms with Gasteiger partial charge in [-0.2, -0.15) is 0 Å². The normalized spacial score (nSPS) is 17.6. The van der Waals surface area contributed by atoms with E-state index in [1.54, 1.807) is 12.1 Å². The average Bonchev–Trinajstić information content (AvgIpc) is 2.61. The van der Waals surface area contributed by atoms with Crippen LogP contribution in [0.25, 0.3) is 0 Å². The van der Waals surface area contributed by atoms with Crippen LogP contribution in [0, 0.1) is 12.8 Å². The Morgan fingerprint density at radius 3 is 2.81 bits per heavy atom. The minimum absolute atomic E-state index is 0.506. The number of ether oxygens (including phenoxy) is 1. The van der Waals surface area contributed by atoms with Crippen molar-refractivity contribution in [3.05, 3.63) is 23.8 Å². The number of aryl methyl sites for hydroxylation is 1. The Balaban J connectivity index is 1.67. The molecule has 6 heteroatoms. The molecule has 2 rings (SSSR count). The van der Waals surface area contributed by atoms with Gasteiger partial charge in [0.05, 0.1) is 12.8 Å². The van der Waals surface area contributed by atoms with Crippen LogP contribution in [0.2, 0.25) is 0 Å². The molecular weight excluding hydrogens is 330 g/mol. The maximum absolute atomic E-state index is 12.1. The highest BCUT2D eigenvalue weighted by Crippen LogP contribution is 2.25. The number of nitrogens with zero attached hydrogens (tertiary/aromatic N) is 1. The molecular formula is C20H31N3O3. The van der Waals surface area contributed by atoms with E-state index in [-0.39, 0.29) is 0 Å². The zero-order valence-electron chi connectivity index (χ0n) is 16.1. The summed E-state index contributed by atoms with van der Waals surface area (Å²) in [6.07, 6.45) is 4.51. The molecule has 0 bridgehead atoms. The third kappa shape index (κ3) is 6.33. The molecule has 1 unspecified atom stereocenters. The van der Waals surface area contributed by atoms with Gasteiger partial charge in [0, 0.05) is 13.1 Å². The zero-order valence-corrected chi connectivity index (χ0v) is 16.1. The lowest BCUT2D eigenvalue weighted by Gasteiger charge is -2.30. The molecule has 1 aromatic carbocycles. The van der Waals surface area contributed by atoms with Crippen LogP contribution in [0.1, 0.15) is 38.2 Å². The van der Waals surface area contributed by atoms with E-state index in [9.17, 15) is 9.59 Å². The Bertz CT molecular complexity index is 618. The van der Waals surface area contributed by atoms with Gasteiger partial charge in [0.2, 0.25) is 0 Å². The molecule has 0 aliphatic carbocycles. The van der Waals surface area contributed by atoms with Gasteiger partial charge in [-0.3, -0.25) is 9.59 Å². The van der Waals surface area contributed by atoms with Crippen molar-refractivity contribution in [2.45, 2.75) is 39.5 Å². The molecule has 0 spiro atoms. The Hall–Kier alpha value is -2.08. The maximum Gasteiger partial charge on any atom is 0.313 e. The van der Waals surface area contributed by atoms with Crippen molar-refractivity contribution in [3.8, 4) is 5.75 Å². The summed E-state index contributed by atoms with van der Waals surface area (Å²) < 4.78 is 5.21. The second kappa shape index (κ2) is 10.2. The first-order valence-corrected chi connectivity index (χ1v) is 9.45. The number of likely N-dealkylation sites (tertiary alicyclic amines) is 1. The summed E-state index contributed by atoms with van der Waals surface area (Å²) in [5.41, 5.74) is 1.49. The van der Waals surface area contributed by atoms with Crippen molar-refractivity contribution >= 4 is 17.5 Å². The number of methoxy groups -OCH3 is 1. The fraction of sp³-hybridized carbons (Fsp3) is 0.600. The molecule has 1 heterocycles. The molecule has 0 aromatic heterocycles. The Morgan fingerprint density at radius 2 is 2.08 bits per heavy atom. The van der Waals surface area contributed by atoms with Gasteiger partial charge in [-0.25, -0.2) is 0 Å². The van der Waals surface area contributed by atoms with E-state index in [0.717, 1.165) is 30.9 Å². The molecule has 1 aliphatic heterocycles. The van der Waals surface area contributed by atoms with Gasteiger partial charge in [-0.05, 0) is 69.3 Å². The lowest BCUT2D eigenvalue weighted by Crippen LogP contribution is -2.37. The number of carbonyl (C=O) groups is 2. The average molecular weight is 361 g/mol. The second-order valence-corrected chi connectivity index (χ2v) is 7.17. The summed E-state index contributed by atoms with van der Waals surface area (Å²) in [4.78, 5) is 26.5. The molecule has 1 aromatic rings. The predicted molar refractivity (Wildman–Crippen MR) is 103 cm³/mol. The highest BCUT2D eigenvalue weighted by Gasteiger charge is 2.17. The third-order valence-corrected chi connectivity index (χ3v) is 4.74. The summed E-state index contributed by atoms with van der Waals surface area (Å²) in [6, 6.07) is 5.44. The fourth-order valence-corrected chi connectivity index (χ4v) is 3.33. The number of amides is 2. The number of benzene rings is 1. The number of unbranched alkanes of at least 4 members (excludes halogenated alkanes) is 1. The molecule has 2 N–H and O–H groups in total. The van der Waals surface area contributed by atoms with Crippen molar-refractivity contribution in [2.75, 3.05) is 38.6 Å². The molecule has 1 aliphatic rings. The van der Waals surface area contributed by atoms with Crippen molar-refractivity contribution in [1.29, 1.82) is 0 Å². The molecule has 1 fully saturated rings. The predicted octanol–water partition coefficient (Wildman–Crippen LogP) is 2.57. The maximum atomic E-state index is 12.1. The third-order valence-electron chi connectivity index (χ3n) is 4.74. The lowest BCUT2D eigenvalue weighted by molar-refractivity contribution is -0.136. The van der Waals surface area contributed by atoms with Gasteiger partial charge in [0.25, 0.3) is 0 Å². The number of hydrogen-bond acceptors (Lipinski definition) is 4. The SMILES string of the molecule is COc1ccc(C)cc1NC(=O)C(=O)NCCCCN1CCCC(C)C1. The van der Waals surface area contributed by atoms with Crippen LogP contribution in [0.5, 0.6) is 5.75 Å². The monoisotopic (exact) mass is 361 g/mol. The minimum atomic E-state index is -0.668. The van der Waals surface area contributed by atoms with E-state index in [0.29, 0.717) is 18.0 Å². The van der Waals surface area contributed by atoms with Crippen LogP contribution in [-0.4, -0.2) is 50.0 Å². The Labute approximate surface area is 156 Å². The summed E-state index contributed by atoms with van der Waals surface area (Å²) >= 11 is 0. The number of carbonyl (C=O) groups excluding carboxylic acids is 2. The second-order valence-electron chi connectivity index (χ2n) is 7.17. The smallest absolute Gasteiger partial charge is 0.313 e. The summed E-state index contributed by atoms with van der Waals surface area (Å²) in [5.74, 6) is 0.0391. The van der Waals surface area contributed by atoms with E-state index < -0.39 is 11.8 Å². The van der Waals surface area contributed by atoms with Gasteiger partial charge >= 0.3 is 11.8 Å². The van der Waals surface area contributed by atoms with Crippen LogP contribution in [0.15, 0.2) is 18.2 Å². The summed E-state index contributed by atoms with van der Waals surface area (Å²) in [7, 11) is 1.53. The van der Waals surface area contributed by atoms with E-state index in [4.69, 9.17) is 4.74 Å². The molecule has 144 valence electrons. The largest absolute Gasteiger partial charge is 0.495 e. The number of rotatable bonds is 7. The number of nitrogens with one attached hydrogen (secondary N) is 2. The molecule has 0 saturated carbocycles. The van der Waals surface area contributed by atoms with Crippen LogP contribution >= 0.6 is 0 Å². The Kier molecular flexibility index (Phi) is 7.91. The first kappa shape index (κ1) is 20.2. The Morgan fingerprint density at radius 1 is 1.27 bits per heavy atom. The first-order chi connectivity index (χ1) is 12.5. The van der Waals surface area contributed by atoms with Crippen LogP contribution < -0.4 is 15.4 Å². The van der Waals surface area contributed by atoms with Crippen molar-refractivity contribution in [3.63, 3.8) is 0 Å². The molecule has 2 amide bonds. The van der Waals surface area contributed by atoms with Crippen molar-refractivity contribution in [2.24, 2.45) is 5.92 Å². The topological polar surface area (TPSA) is 70.7 Å². The van der Waals surface area contributed by atoms with Crippen molar-refractivity contribution in [1.82, 2.24) is 10.2 Å². The van der Waals surface area contributed by atoms with Gasteiger partial charge in [-0.15, -0.1) is 0 Å². The van der Waals surface area contributed by atoms with Gasteiger partial charge < -0.3 is 20.3 Å². The van der Waals surface area contributed by atoms with Crippen molar-refractivity contribution < 1.29 is 14.3 Å². The van der Waals surface area contributed by atoms with Gasteiger partial charge in [0.15, 0.2) is 0 Å². The highest BCUT2D eigenvalue weighted by molar-refractivity contribution is 6.39. The van der Waals surface area contributed by atoms with Gasteiger partial charge in [-0.1, -0.05) is 13.0 Å². The molecule has 1 saturated heterocycles. The number of hydrogen-bond donors (Lipinski definition) is 2. The summed E-state index contributed by atoms with van der Waals surface area (Å²) in [6.45, 7) is 8.14. The van der Waals surface area contributed by atoms with E-state index in [1.165, 1.54) is 33.0 Å². The molecule has 0 radical (unpaired) electrons. The zero-order chi connectivity index (χ0) is 18.9. The number of piperidine rings is 1. The van der Waals surface area contributed by atoms with E-state index in [2.05, 4.69) is 22.5 Å². The van der Waals surface area contributed by atoms with E-state index >= 15 is 0 Å². The molecule has 26 heavy (non-hydrogen) atoms. The lowest BCUT2D eigenvalue weighted by atomic mass is 10.0. The molecule has 1 atom stereocenters. The van der Waals surface area contributed by atoms with Crippen LogP contribution in [0.3, 0.4) is 0 Å². The standard InChI is InChI=1S/C20H31N3O3/c1-15-8-9-18(26-3)17(13-15)22-20(25)19(24)21-10-4-5-11-23-12-6-7-16(2)14-23/h8-9,13,16H,4-7,10-12,14H2,1-3H3,(H,21,24)(H,22,25). The number of anilines is 1. The van der Waals surface area contributed by atoms with Crippen LogP contribution in [-0.2, 0) is 9.59 Å². The fourth-order valence-electron chi connectivity index (χ4n) is 3.33. The molecule has 6 nitrogen and oxygen atoms in total. The summed E-state index contributed by atoms with van der Waals surface area (Å²) in [5, 5.41) is 5.31. The highest BCUT2D eigenvalue weighted by atomic mass is 16.5. The van der Waals surface area contributed by atoms with Gasteiger partial charge in [0.1, 0.15) is 5.75 Å².